The van der Waals surface area contributed by atoms with Gasteiger partial charge in [-0.05, 0) is 39.0 Å². The van der Waals surface area contributed by atoms with E-state index in [1.807, 2.05) is 6.92 Å². The molecule has 7 heteroatoms. The number of benzene rings is 1. The Kier molecular flexibility index (Phi) is 6.42. The van der Waals surface area contributed by atoms with Crippen LogP contribution < -0.4 is 15.2 Å². The maximum absolute atomic E-state index is 11.7. The Labute approximate surface area is 131 Å². The fourth-order valence-electron chi connectivity index (χ4n) is 1.55. The zero-order valence-electron chi connectivity index (χ0n) is 12.5. The summed E-state index contributed by atoms with van der Waals surface area (Å²) in [6.45, 7) is 5.69. The fraction of sp³-hybridized carbons (Fsp3) is 0.500. The van der Waals surface area contributed by atoms with Gasteiger partial charge in [-0.1, -0.05) is 12.2 Å². The SMILES string of the molecule is CCOc1cc(C(N)=S)ccc1OCCS(=O)(=O)C(C)C. The molecule has 0 bridgehead atoms. The van der Waals surface area contributed by atoms with E-state index in [1.165, 1.54) is 0 Å². The molecule has 1 aromatic rings. The van der Waals surface area contributed by atoms with Crippen molar-refractivity contribution < 1.29 is 17.9 Å². The highest BCUT2D eigenvalue weighted by molar-refractivity contribution is 7.92. The smallest absolute Gasteiger partial charge is 0.161 e. The Hall–Kier alpha value is -1.34. The Morgan fingerprint density at radius 2 is 1.95 bits per heavy atom. The molecule has 1 rings (SSSR count). The summed E-state index contributed by atoms with van der Waals surface area (Å²) in [6.07, 6.45) is 0. The molecule has 0 aromatic heterocycles. The van der Waals surface area contributed by atoms with Crippen LogP contribution in [0.4, 0.5) is 0 Å². The zero-order valence-corrected chi connectivity index (χ0v) is 14.1. The van der Waals surface area contributed by atoms with E-state index in [0.717, 1.165) is 0 Å². The Bertz CT molecular complexity index is 597. The minimum Gasteiger partial charge on any atom is -0.490 e. The van der Waals surface area contributed by atoms with Gasteiger partial charge in [-0.15, -0.1) is 0 Å². The first kappa shape index (κ1) is 17.7. The van der Waals surface area contributed by atoms with Crippen molar-refractivity contribution in [2.45, 2.75) is 26.0 Å². The van der Waals surface area contributed by atoms with Gasteiger partial charge in [0.15, 0.2) is 21.3 Å². The van der Waals surface area contributed by atoms with E-state index in [2.05, 4.69) is 0 Å². The number of ether oxygens (including phenoxy) is 2. The van der Waals surface area contributed by atoms with Crippen LogP contribution in [-0.4, -0.2) is 37.6 Å². The van der Waals surface area contributed by atoms with Gasteiger partial charge in [0.1, 0.15) is 11.6 Å². The molecule has 0 aliphatic rings. The molecule has 0 heterocycles. The fourth-order valence-corrected chi connectivity index (χ4v) is 2.47. The normalized spacial score (nSPS) is 11.4. The summed E-state index contributed by atoms with van der Waals surface area (Å²) < 4.78 is 34.4. The number of hydrogen-bond donors (Lipinski definition) is 1. The van der Waals surface area contributed by atoms with Crippen molar-refractivity contribution in [2.24, 2.45) is 5.73 Å². The van der Waals surface area contributed by atoms with Crippen LogP contribution in [0.5, 0.6) is 11.5 Å². The summed E-state index contributed by atoms with van der Waals surface area (Å²) in [5, 5.41) is -0.413. The minimum absolute atomic E-state index is 0.0344. The molecule has 0 unspecified atom stereocenters. The Morgan fingerprint density at radius 1 is 1.29 bits per heavy atom. The number of sulfone groups is 1. The Balaban J connectivity index is 2.81. The van der Waals surface area contributed by atoms with Crippen LogP contribution in [0.25, 0.3) is 0 Å². The van der Waals surface area contributed by atoms with Crippen molar-refractivity contribution >= 4 is 27.0 Å². The maximum Gasteiger partial charge on any atom is 0.161 e. The lowest BCUT2D eigenvalue weighted by Crippen LogP contribution is -2.22. The summed E-state index contributed by atoms with van der Waals surface area (Å²) in [7, 11) is -3.12. The second-order valence-corrected chi connectivity index (χ2v) is 7.84. The summed E-state index contributed by atoms with van der Waals surface area (Å²) in [6, 6.07) is 5.09. The molecule has 5 nitrogen and oxygen atoms in total. The van der Waals surface area contributed by atoms with Crippen molar-refractivity contribution in [1.29, 1.82) is 0 Å². The molecule has 21 heavy (non-hydrogen) atoms. The molecule has 0 amide bonds. The lowest BCUT2D eigenvalue weighted by molar-refractivity contribution is 0.288. The number of rotatable bonds is 8. The third-order valence-corrected chi connectivity index (χ3v) is 5.28. The predicted octanol–water partition coefficient (Wildman–Crippen LogP) is 1.92. The maximum atomic E-state index is 11.7. The molecule has 0 spiro atoms. The lowest BCUT2D eigenvalue weighted by atomic mass is 10.2. The first-order valence-electron chi connectivity index (χ1n) is 6.69. The van der Waals surface area contributed by atoms with Crippen LogP contribution in [-0.2, 0) is 9.84 Å². The van der Waals surface area contributed by atoms with Crippen molar-refractivity contribution in [2.75, 3.05) is 19.0 Å². The molecule has 0 atom stereocenters. The van der Waals surface area contributed by atoms with Crippen LogP contribution in [0.3, 0.4) is 0 Å². The summed E-state index contributed by atoms with van der Waals surface area (Å²) in [5.41, 5.74) is 6.25. The van der Waals surface area contributed by atoms with Crippen LogP contribution in [0, 0.1) is 0 Å². The molecule has 118 valence electrons. The van der Waals surface area contributed by atoms with Crippen LogP contribution in [0.2, 0.25) is 0 Å². The number of thiocarbonyl (C=S) groups is 1. The van der Waals surface area contributed by atoms with Crippen molar-refractivity contribution in [3.63, 3.8) is 0 Å². The van der Waals surface area contributed by atoms with E-state index >= 15 is 0 Å². The van der Waals surface area contributed by atoms with Gasteiger partial charge in [-0.2, -0.15) is 0 Å². The van der Waals surface area contributed by atoms with E-state index in [9.17, 15) is 8.42 Å². The largest absolute Gasteiger partial charge is 0.490 e. The molecule has 0 radical (unpaired) electrons. The molecule has 2 N–H and O–H groups in total. The molecule has 0 saturated heterocycles. The summed E-state index contributed by atoms with van der Waals surface area (Å²) in [5.74, 6) is 0.952. The molecule has 0 aliphatic carbocycles. The molecular weight excluding hydrogens is 310 g/mol. The van der Waals surface area contributed by atoms with Crippen LogP contribution >= 0.6 is 12.2 Å². The highest BCUT2D eigenvalue weighted by atomic mass is 32.2. The first-order valence-corrected chi connectivity index (χ1v) is 8.81. The quantitative estimate of drug-likeness (QED) is 0.733. The highest BCUT2D eigenvalue weighted by Gasteiger charge is 2.16. The van der Waals surface area contributed by atoms with Crippen LogP contribution in [0.1, 0.15) is 26.3 Å². The van der Waals surface area contributed by atoms with Crippen molar-refractivity contribution in [1.82, 2.24) is 0 Å². The van der Waals surface area contributed by atoms with Gasteiger partial charge in [-0.25, -0.2) is 8.42 Å². The number of hydrogen-bond acceptors (Lipinski definition) is 5. The Morgan fingerprint density at radius 3 is 2.48 bits per heavy atom. The summed E-state index contributed by atoms with van der Waals surface area (Å²) >= 11 is 4.92. The third kappa shape index (κ3) is 5.17. The van der Waals surface area contributed by atoms with Crippen LogP contribution in [0.15, 0.2) is 18.2 Å². The second-order valence-electron chi connectivity index (χ2n) is 4.72. The molecule has 1 aromatic carbocycles. The average molecular weight is 331 g/mol. The van der Waals surface area contributed by atoms with E-state index in [0.29, 0.717) is 23.7 Å². The van der Waals surface area contributed by atoms with Gasteiger partial charge in [-0.3, -0.25) is 0 Å². The van der Waals surface area contributed by atoms with Gasteiger partial charge in [0, 0.05) is 5.56 Å². The lowest BCUT2D eigenvalue weighted by Gasteiger charge is -2.14. The number of nitrogens with two attached hydrogens (primary N) is 1. The van der Waals surface area contributed by atoms with E-state index < -0.39 is 15.1 Å². The topological polar surface area (TPSA) is 78.6 Å². The monoisotopic (exact) mass is 331 g/mol. The summed E-state index contributed by atoms with van der Waals surface area (Å²) in [4.78, 5) is 0.268. The predicted molar refractivity (Wildman–Crippen MR) is 87.9 cm³/mol. The standard InChI is InChI=1S/C14H21NO4S2/c1-4-18-13-9-11(14(15)20)5-6-12(13)19-7-8-21(16,17)10(2)3/h5-6,9-10H,4,7-8H2,1-3H3,(H2,15,20). The van der Waals surface area contributed by atoms with E-state index in [-0.39, 0.29) is 17.3 Å². The zero-order chi connectivity index (χ0) is 16.0. The first-order chi connectivity index (χ1) is 9.77. The minimum atomic E-state index is -3.12. The van der Waals surface area contributed by atoms with Gasteiger partial charge in [0.25, 0.3) is 0 Å². The molecule has 0 fully saturated rings. The third-order valence-electron chi connectivity index (χ3n) is 2.87. The van der Waals surface area contributed by atoms with Crippen molar-refractivity contribution in [3.8, 4) is 11.5 Å². The van der Waals surface area contributed by atoms with Gasteiger partial charge in [0.2, 0.25) is 0 Å². The molecule has 0 saturated carbocycles. The molecular formula is C14H21NO4S2. The van der Waals surface area contributed by atoms with Crippen molar-refractivity contribution in [3.05, 3.63) is 23.8 Å². The molecule has 0 aliphatic heterocycles. The van der Waals surface area contributed by atoms with Gasteiger partial charge < -0.3 is 15.2 Å². The van der Waals surface area contributed by atoms with E-state index in [4.69, 9.17) is 27.4 Å². The highest BCUT2D eigenvalue weighted by Crippen LogP contribution is 2.28. The van der Waals surface area contributed by atoms with E-state index in [1.54, 1.807) is 32.0 Å². The second kappa shape index (κ2) is 7.61. The average Bonchev–Trinajstić information content (AvgIpc) is 2.40. The van der Waals surface area contributed by atoms with Gasteiger partial charge in [0.05, 0.1) is 17.6 Å². The van der Waals surface area contributed by atoms with Gasteiger partial charge >= 0.3 is 0 Å².